The Labute approximate surface area is 113 Å². The van der Waals surface area contributed by atoms with E-state index in [2.05, 4.69) is 0 Å². The number of benzene rings is 3. The van der Waals surface area contributed by atoms with Gasteiger partial charge in [-0.15, -0.1) is 0 Å². The molecule has 0 aliphatic heterocycles. The average molecular weight is 272 g/mol. The van der Waals surface area contributed by atoms with Crippen molar-refractivity contribution in [2.45, 2.75) is 0 Å². The van der Waals surface area contributed by atoms with E-state index >= 15 is 0 Å². The standard InChI is InChI=1S/C16H10F2O2/c17-12-7-10(19)8-13(18)16(12)15-11-4-2-1-3-9(11)5-6-14(15)20/h1-8,19-20H. The van der Waals surface area contributed by atoms with Gasteiger partial charge in [0.15, 0.2) is 0 Å². The maximum absolute atomic E-state index is 14.0. The second kappa shape index (κ2) is 4.49. The molecule has 3 rings (SSSR count). The van der Waals surface area contributed by atoms with Crippen LogP contribution in [0.3, 0.4) is 0 Å². The van der Waals surface area contributed by atoms with E-state index in [-0.39, 0.29) is 16.9 Å². The smallest absolute Gasteiger partial charge is 0.137 e. The quantitative estimate of drug-likeness (QED) is 0.697. The van der Waals surface area contributed by atoms with E-state index in [1.54, 1.807) is 30.3 Å². The third kappa shape index (κ3) is 1.86. The topological polar surface area (TPSA) is 40.5 Å². The Morgan fingerprint density at radius 3 is 2.10 bits per heavy atom. The van der Waals surface area contributed by atoms with Crippen LogP contribution in [0.1, 0.15) is 0 Å². The maximum Gasteiger partial charge on any atom is 0.137 e. The van der Waals surface area contributed by atoms with Gasteiger partial charge in [-0.05, 0) is 16.8 Å². The highest BCUT2D eigenvalue weighted by Crippen LogP contribution is 2.39. The predicted octanol–water partition coefficient (Wildman–Crippen LogP) is 4.20. The SMILES string of the molecule is Oc1cc(F)c(-c2c(O)ccc3ccccc23)c(F)c1. The molecule has 0 amide bonds. The molecule has 4 heteroatoms. The van der Waals surface area contributed by atoms with E-state index < -0.39 is 17.4 Å². The van der Waals surface area contributed by atoms with Gasteiger partial charge in [-0.1, -0.05) is 30.3 Å². The number of fused-ring (bicyclic) bond motifs is 1. The minimum Gasteiger partial charge on any atom is -0.508 e. The highest BCUT2D eigenvalue weighted by atomic mass is 19.1. The molecule has 0 spiro atoms. The molecule has 0 bridgehead atoms. The van der Waals surface area contributed by atoms with Crippen LogP contribution in [-0.2, 0) is 0 Å². The van der Waals surface area contributed by atoms with Crippen LogP contribution >= 0.6 is 0 Å². The van der Waals surface area contributed by atoms with Crippen molar-refractivity contribution >= 4 is 10.8 Å². The second-order valence-corrected chi connectivity index (χ2v) is 4.47. The fourth-order valence-electron chi connectivity index (χ4n) is 2.32. The Bertz CT molecular complexity index is 790. The van der Waals surface area contributed by atoms with Crippen molar-refractivity contribution in [3.63, 3.8) is 0 Å². The number of phenolic OH excluding ortho intramolecular Hbond substituents is 2. The molecular weight excluding hydrogens is 262 g/mol. The summed E-state index contributed by atoms with van der Waals surface area (Å²) in [6.45, 7) is 0. The first kappa shape index (κ1) is 12.4. The molecule has 0 aliphatic rings. The Kier molecular flexibility index (Phi) is 2.79. The lowest BCUT2D eigenvalue weighted by molar-refractivity contribution is 0.459. The molecule has 2 N–H and O–H groups in total. The summed E-state index contributed by atoms with van der Waals surface area (Å²) >= 11 is 0. The van der Waals surface area contributed by atoms with Crippen LogP contribution in [0.15, 0.2) is 48.5 Å². The van der Waals surface area contributed by atoms with Crippen molar-refractivity contribution in [3.8, 4) is 22.6 Å². The van der Waals surface area contributed by atoms with Crippen molar-refractivity contribution in [3.05, 3.63) is 60.2 Å². The Morgan fingerprint density at radius 2 is 1.40 bits per heavy atom. The van der Waals surface area contributed by atoms with Crippen LogP contribution in [0.5, 0.6) is 11.5 Å². The highest BCUT2D eigenvalue weighted by molar-refractivity contribution is 5.99. The minimum atomic E-state index is -0.922. The largest absolute Gasteiger partial charge is 0.508 e. The second-order valence-electron chi connectivity index (χ2n) is 4.47. The third-order valence-corrected chi connectivity index (χ3v) is 3.18. The van der Waals surface area contributed by atoms with E-state index in [1.165, 1.54) is 6.07 Å². The predicted molar refractivity (Wildman–Crippen MR) is 72.6 cm³/mol. The lowest BCUT2D eigenvalue weighted by atomic mass is 9.96. The minimum absolute atomic E-state index is 0.0816. The van der Waals surface area contributed by atoms with Crippen LogP contribution < -0.4 is 0 Å². The van der Waals surface area contributed by atoms with Crippen LogP contribution in [0.4, 0.5) is 8.78 Å². The average Bonchev–Trinajstić information content (AvgIpc) is 2.40. The fourth-order valence-corrected chi connectivity index (χ4v) is 2.32. The Hall–Kier alpha value is -2.62. The zero-order valence-electron chi connectivity index (χ0n) is 10.3. The van der Waals surface area contributed by atoms with Gasteiger partial charge in [0.2, 0.25) is 0 Å². The third-order valence-electron chi connectivity index (χ3n) is 3.18. The van der Waals surface area contributed by atoms with Gasteiger partial charge in [0, 0.05) is 17.7 Å². The summed E-state index contributed by atoms with van der Waals surface area (Å²) in [5.41, 5.74) is -0.268. The molecule has 0 atom stereocenters. The highest BCUT2D eigenvalue weighted by Gasteiger charge is 2.18. The van der Waals surface area contributed by atoms with Crippen molar-refractivity contribution in [2.75, 3.05) is 0 Å². The van der Waals surface area contributed by atoms with Gasteiger partial charge in [0.1, 0.15) is 23.1 Å². The molecule has 0 saturated heterocycles. The lowest BCUT2D eigenvalue weighted by Gasteiger charge is -2.11. The molecule has 2 nitrogen and oxygen atoms in total. The number of phenols is 2. The molecule has 0 radical (unpaired) electrons. The van der Waals surface area contributed by atoms with Gasteiger partial charge in [-0.2, -0.15) is 0 Å². The summed E-state index contributed by atoms with van der Waals surface area (Å²) in [6, 6.07) is 11.7. The van der Waals surface area contributed by atoms with Gasteiger partial charge < -0.3 is 10.2 Å². The molecule has 100 valence electrons. The zero-order valence-corrected chi connectivity index (χ0v) is 10.3. The first-order valence-electron chi connectivity index (χ1n) is 5.97. The molecule has 3 aromatic rings. The first-order chi connectivity index (χ1) is 9.58. The van der Waals surface area contributed by atoms with Crippen molar-refractivity contribution in [1.82, 2.24) is 0 Å². The molecule has 0 unspecified atom stereocenters. The number of hydrogen-bond acceptors (Lipinski definition) is 2. The zero-order chi connectivity index (χ0) is 14.3. The summed E-state index contributed by atoms with van der Waals surface area (Å²) in [5.74, 6) is -2.56. The number of hydrogen-bond donors (Lipinski definition) is 2. The van der Waals surface area contributed by atoms with Crippen LogP contribution in [0.2, 0.25) is 0 Å². The number of halogens is 2. The normalized spacial score (nSPS) is 10.9. The molecule has 20 heavy (non-hydrogen) atoms. The summed E-state index contributed by atoms with van der Waals surface area (Å²) < 4.78 is 28.0. The van der Waals surface area contributed by atoms with Crippen molar-refractivity contribution < 1.29 is 19.0 Å². The van der Waals surface area contributed by atoms with Crippen LogP contribution in [0.25, 0.3) is 21.9 Å². The van der Waals surface area contributed by atoms with Crippen LogP contribution in [0, 0.1) is 11.6 Å². The number of aromatic hydroxyl groups is 2. The Balaban J connectivity index is 2.44. The van der Waals surface area contributed by atoms with E-state index in [0.29, 0.717) is 5.39 Å². The van der Waals surface area contributed by atoms with E-state index in [4.69, 9.17) is 0 Å². The Morgan fingerprint density at radius 1 is 0.750 bits per heavy atom. The summed E-state index contributed by atoms with van der Waals surface area (Å²) in [4.78, 5) is 0. The molecule has 3 aromatic carbocycles. The van der Waals surface area contributed by atoms with Gasteiger partial charge in [0.05, 0.1) is 5.56 Å². The van der Waals surface area contributed by atoms with Gasteiger partial charge >= 0.3 is 0 Å². The molecule has 0 aliphatic carbocycles. The van der Waals surface area contributed by atoms with E-state index in [9.17, 15) is 19.0 Å². The molecule has 0 heterocycles. The number of rotatable bonds is 1. The van der Waals surface area contributed by atoms with Gasteiger partial charge in [0.25, 0.3) is 0 Å². The van der Waals surface area contributed by atoms with E-state index in [0.717, 1.165) is 17.5 Å². The molecule has 0 saturated carbocycles. The first-order valence-corrected chi connectivity index (χ1v) is 5.97. The van der Waals surface area contributed by atoms with Crippen molar-refractivity contribution in [1.29, 1.82) is 0 Å². The lowest BCUT2D eigenvalue weighted by Crippen LogP contribution is -1.92. The van der Waals surface area contributed by atoms with Gasteiger partial charge in [-0.25, -0.2) is 8.78 Å². The summed E-state index contributed by atoms with van der Waals surface area (Å²) in [6.07, 6.45) is 0. The van der Waals surface area contributed by atoms with Gasteiger partial charge in [-0.3, -0.25) is 0 Å². The monoisotopic (exact) mass is 272 g/mol. The fraction of sp³-hybridized carbons (Fsp3) is 0. The molecule has 0 aromatic heterocycles. The van der Waals surface area contributed by atoms with E-state index in [1.807, 2.05) is 0 Å². The summed E-state index contributed by atoms with van der Waals surface area (Å²) in [5, 5.41) is 20.5. The molecular formula is C16H10F2O2. The van der Waals surface area contributed by atoms with Crippen LogP contribution in [-0.4, -0.2) is 10.2 Å². The maximum atomic E-state index is 14.0. The molecule has 0 fully saturated rings. The van der Waals surface area contributed by atoms with Crippen molar-refractivity contribution in [2.24, 2.45) is 0 Å². The summed E-state index contributed by atoms with van der Waals surface area (Å²) in [7, 11) is 0.